The number of hydrogen-bond acceptors (Lipinski definition) is 3. The molecule has 2 aliphatic rings. The molecule has 2 N–H and O–H groups in total. The summed E-state index contributed by atoms with van der Waals surface area (Å²) >= 11 is 0. The predicted molar refractivity (Wildman–Crippen MR) is 85.0 cm³/mol. The maximum absolute atomic E-state index is 12.2. The van der Waals surface area contributed by atoms with Gasteiger partial charge in [-0.2, -0.15) is 0 Å². The first-order valence-corrected chi connectivity index (χ1v) is 8.30. The fourth-order valence-corrected chi connectivity index (χ4v) is 3.46. The summed E-state index contributed by atoms with van der Waals surface area (Å²) in [5.74, 6) is -0.498. The predicted octanol–water partition coefficient (Wildman–Crippen LogP) is 2.18. The Bertz CT molecular complexity index is 553. The third-order valence-corrected chi connectivity index (χ3v) is 4.85. The number of carbonyl (C=O) groups is 2. The second-order valence-corrected chi connectivity index (χ2v) is 6.58. The Labute approximate surface area is 136 Å². The number of carboxylic acids is 1. The molecular weight excluding hydrogens is 294 g/mol. The number of rotatable bonds is 6. The highest BCUT2D eigenvalue weighted by molar-refractivity contribution is 5.84. The van der Waals surface area contributed by atoms with Gasteiger partial charge in [0, 0.05) is 18.9 Å². The van der Waals surface area contributed by atoms with Crippen molar-refractivity contribution < 1.29 is 19.4 Å². The number of carboxylic acid groups (broad SMARTS) is 1. The minimum atomic E-state index is -0.968. The Morgan fingerprint density at radius 3 is 2.74 bits per heavy atom. The van der Waals surface area contributed by atoms with Gasteiger partial charge in [-0.25, -0.2) is 4.79 Å². The van der Waals surface area contributed by atoms with Gasteiger partial charge in [-0.15, -0.1) is 0 Å². The van der Waals surface area contributed by atoms with Crippen molar-refractivity contribution in [3.63, 3.8) is 0 Å². The van der Waals surface area contributed by atoms with E-state index < -0.39 is 12.0 Å². The molecule has 1 saturated carbocycles. The standard InChI is InChI=1S/C18H23NO4/c20-16(10-14-9-15(14)12-5-2-1-3-6-12)19-17(18(21)22)13-7-4-8-23-11-13/h1-3,5-6,13-15,17H,4,7-11H2,(H,19,20)(H,21,22)/t13?,14-,15-,17?/m0/s1. The van der Waals surface area contributed by atoms with Crippen molar-refractivity contribution in [1.29, 1.82) is 0 Å². The van der Waals surface area contributed by atoms with Crippen LogP contribution in [0.1, 0.15) is 37.2 Å². The molecule has 3 rings (SSSR count). The first-order chi connectivity index (χ1) is 11.1. The zero-order chi connectivity index (χ0) is 16.2. The second kappa shape index (κ2) is 7.13. The second-order valence-electron chi connectivity index (χ2n) is 6.58. The molecule has 1 heterocycles. The largest absolute Gasteiger partial charge is 0.480 e. The maximum atomic E-state index is 12.2. The van der Waals surface area contributed by atoms with Crippen LogP contribution in [-0.4, -0.2) is 36.2 Å². The van der Waals surface area contributed by atoms with Gasteiger partial charge in [0.1, 0.15) is 6.04 Å². The summed E-state index contributed by atoms with van der Waals surface area (Å²) < 4.78 is 5.35. The van der Waals surface area contributed by atoms with Crippen LogP contribution in [0.3, 0.4) is 0 Å². The van der Waals surface area contributed by atoms with Crippen molar-refractivity contribution in [1.82, 2.24) is 5.32 Å². The number of carbonyl (C=O) groups excluding carboxylic acids is 1. The highest BCUT2D eigenvalue weighted by Crippen LogP contribution is 2.49. The maximum Gasteiger partial charge on any atom is 0.326 e. The number of nitrogens with one attached hydrogen (secondary N) is 1. The smallest absolute Gasteiger partial charge is 0.326 e. The van der Waals surface area contributed by atoms with E-state index >= 15 is 0 Å². The van der Waals surface area contributed by atoms with Crippen LogP contribution in [0.5, 0.6) is 0 Å². The Hall–Kier alpha value is -1.88. The number of aliphatic carboxylic acids is 1. The average molecular weight is 317 g/mol. The van der Waals surface area contributed by atoms with E-state index in [-0.39, 0.29) is 11.8 Å². The van der Waals surface area contributed by atoms with Crippen LogP contribution in [0.2, 0.25) is 0 Å². The zero-order valence-electron chi connectivity index (χ0n) is 13.1. The van der Waals surface area contributed by atoms with Crippen LogP contribution in [-0.2, 0) is 14.3 Å². The summed E-state index contributed by atoms with van der Waals surface area (Å²) in [4.78, 5) is 23.7. The SMILES string of the molecule is O=C(C[C@@H]1C[C@H]1c1ccccc1)NC(C(=O)O)C1CCCOC1. The molecule has 0 spiro atoms. The molecule has 0 aromatic heterocycles. The summed E-state index contributed by atoms with van der Waals surface area (Å²) in [7, 11) is 0. The Balaban J connectivity index is 1.51. The first-order valence-electron chi connectivity index (χ1n) is 8.30. The molecule has 1 aromatic carbocycles. The molecule has 2 fully saturated rings. The fourth-order valence-electron chi connectivity index (χ4n) is 3.46. The minimum Gasteiger partial charge on any atom is -0.480 e. The normalized spacial score (nSPS) is 27.9. The third-order valence-electron chi connectivity index (χ3n) is 4.85. The Kier molecular flexibility index (Phi) is 4.96. The highest BCUT2D eigenvalue weighted by atomic mass is 16.5. The molecular formula is C18H23NO4. The molecule has 1 aliphatic carbocycles. The first kappa shape index (κ1) is 16.0. The summed E-state index contributed by atoms with van der Waals surface area (Å²) in [6.07, 6.45) is 3.04. The number of hydrogen-bond donors (Lipinski definition) is 2. The van der Waals surface area contributed by atoms with Crippen molar-refractivity contribution in [2.75, 3.05) is 13.2 Å². The monoisotopic (exact) mass is 317 g/mol. The minimum absolute atomic E-state index is 0.130. The lowest BCUT2D eigenvalue weighted by Crippen LogP contribution is -2.48. The van der Waals surface area contributed by atoms with E-state index in [1.807, 2.05) is 18.2 Å². The fraction of sp³-hybridized carbons (Fsp3) is 0.556. The van der Waals surface area contributed by atoms with E-state index in [9.17, 15) is 14.7 Å². The molecule has 5 heteroatoms. The van der Waals surface area contributed by atoms with Crippen molar-refractivity contribution in [2.45, 2.75) is 37.6 Å². The number of ether oxygens (including phenoxy) is 1. The number of amides is 1. The molecule has 2 unspecified atom stereocenters. The lowest BCUT2D eigenvalue weighted by atomic mass is 9.93. The molecule has 1 aliphatic heterocycles. The van der Waals surface area contributed by atoms with Crippen LogP contribution in [0, 0.1) is 11.8 Å². The third kappa shape index (κ3) is 4.10. The van der Waals surface area contributed by atoms with E-state index in [0.29, 0.717) is 31.5 Å². The van der Waals surface area contributed by atoms with E-state index in [0.717, 1.165) is 19.3 Å². The van der Waals surface area contributed by atoms with E-state index in [1.165, 1.54) is 5.56 Å². The van der Waals surface area contributed by atoms with E-state index in [2.05, 4.69) is 17.4 Å². The van der Waals surface area contributed by atoms with Crippen LogP contribution in [0.25, 0.3) is 0 Å². The highest BCUT2D eigenvalue weighted by Gasteiger charge is 2.40. The molecule has 1 amide bonds. The van der Waals surface area contributed by atoms with Crippen LogP contribution >= 0.6 is 0 Å². The quantitative estimate of drug-likeness (QED) is 0.843. The van der Waals surface area contributed by atoms with Gasteiger partial charge < -0.3 is 15.2 Å². The van der Waals surface area contributed by atoms with Crippen molar-refractivity contribution >= 4 is 11.9 Å². The van der Waals surface area contributed by atoms with Gasteiger partial charge in [0.15, 0.2) is 0 Å². The summed E-state index contributed by atoms with van der Waals surface area (Å²) in [6.45, 7) is 1.09. The van der Waals surface area contributed by atoms with Gasteiger partial charge in [0.2, 0.25) is 5.91 Å². The van der Waals surface area contributed by atoms with Crippen LogP contribution in [0.15, 0.2) is 30.3 Å². The summed E-state index contributed by atoms with van der Waals surface area (Å²) in [5, 5.41) is 12.1. The molecule has 0 bridgehead atoms. The zero-order valence-corrected chi connectivity index (χ0v) is 13.1. The lowest BCUT2D eigenvalue weighted by Gasteiger charge is -2.28. The Morgan fingerprint density at radius 1 is 1.30 bits per heavy atom. The molecule has 0 radical (unpaired) electrons. The van der Waals surface area contributed by atoms with Crippen molar-refractivity contribution in [3.8, 4) is 0 Å². The molecule has 5 nitrogen and oxygen atoms in total. The van der Waals surface area contributed by atoms with Gasteiger partial charge in [-0.1, -0.05) is 30.3 Å². The van der Waals surface area contributed by atoms with Gasteiger partial charge >= 0.3 is 5.97 Å². The van der Waals surface area contributed by atoms with Crippen molar-refractivity contribution in [2.24, 2.45) is 11.8 Å². The van der Waals surface area contributed by atoms with E-state index in [1.54, 1.807) is 0 Å². The Morgan fingerprint density at radius 2 is 2.09 bits per heavy atom. The van der Waals surface area contributed by atoms with Crippen LogP contribution < -0.4 is 5.32 Å². The van der Waals surface area contributed by atoms with Gasteiger partial charge in [0.25, 0.3) is 0 Å². The molecule has 1 aromatic rings. The van der Waals surface area contributed by atoms with Crippen molar-refractivity contribution in [3.05, 3.63) is 35.9 Å². The van der Waals surface area contributed by atoms with Gasteiger partial charge in [-0.05, 0) is 36.7 Å². The average Bonchev–Trinajstić information content (AvgIpc) is 3.33. The number of benzene rings is 1. The van der Waals surface area contributed by atoms with Gasteiger partial charge in [-0.3, -0.25) is 4.79 Å². The van der Waals surface area contributed by atoms with Gasteiger partial charge in [0.05, 0.1) is 6.61 Å². The topological polar surface area (TPSA) is 75.6 Å². The summed E-state index contributed by atoms with van der Waals surface area (Å²) in [5.41, 5.74) is 1.26. The summed E-state index contributed by atoms with van der Waals surface area (Å²) in [6, 6.07) is 9.33. The van der Waals surface area contributed by atoms with E-state index in [4.69, 9.17) is 4.74 Å². The molecule has 23 heavy (non-hydrogen) atoms. The molecule has 124 valence electrons. The molecule has 1 saturated heterocycles. The van der Waals surface area contributed by atoms with Crippen LogP contribution in [0.4, 0.5) is 0 Å². The molecule has 4 atom stereocenters. The lowest BCUT2D eigenvalue weighted by molar-refractivity contribution is -0.145.